The third kappa shape index (κ3) is 6.97. The summed E-state index contributed by atoms with van der Waals surface area (Å²) in [5.41, 5.74) is 11.4. The Morgan fingerprint density at radius 3 is 2.53 bits per heavy atom. The van der Waals surface area contributed by atoms with E-state index < -0.39 is 0 Å². The molecule has 49 heavy (non-hydrogen) atoms. The summed E-state index contributed by atoms with van der Waals surface area (Å²) in [4.78, 5) is 19.1. The monoisotopic (exact) mass is 639 g/mol. The molecule has 0 radical (unpaired) electrons. The van der Waals surface area contributed by atoms with Crippen LogP contribution in [-0.2, 0) is 19.3 Å². The Morgan fingerprint density at radius 2 is 1.69 bits per heavy atom. The summed E-state index contributed by atoms with van der Waals surface area (Å²) >= 11 is 0. The molecule has 0 amide bonds. The predicted octanol–water partition coefficient (Wildman–Crippen LogP) is 10.3. The number of aromatic nitrogens is 1. The maximum absolute atomic E-state index is 5.12. The highest BCUT2D eigenvalue weighted by Gasteiger charge is 2.23. The molecule has 0 saturated carbocycles. The van der Waals surface area contributed by atoms with Crippen molar-refractivity contribution in [2.75, 3.05) is 6.54 Å². The lowest BCUT2D eigenvalue weighted by molar-refractivity contribution is 0.881. The zero-order valence-electron chi connectivity index (χ0n) is 27.9. The van der Waals surface area contributed by atoms with E-state index in [0.717, 1.165) is 73.0 Å². The number of hydrogen-bond acceptors (Lipinski definition) is 2. The molecule has 0 N–H and O–H groups in total. The lowest BCUT2D eigenvalue weighted by atomic mass is 9.98. The molecule has 1 aromatic heterocycles. The van der Waals surface area contributed by atoms with Crippen LogP contribution in [0.25, 0.3) is 22.7 Å². The molecule has 5 nitrogen and oxygen atoms in total. The normalized spacial score (nSPS) is 15.9. The van der Waals surface area contributed by atoms with Crippen LogP contribution in [-0.4, -0.2) is 36.2 Å². The standard InChI is InChI=1S/C44H41N5/c1-45-40-29-28-38-37-24-13-14-25-41(37)49(42(38)39(40)27-26-32-16-9-5-10-17-32)36-23-15-22-35(30-36)44(47-31-33-18-7-3-4-8-19-33)48-43(46-2)34-20-11-6-12-21-34/h3,5,7-11,13,15-24,28-30H,1-2,4,6,12,14,25-27,31H2. The smallest absolute Gasteiger partial charge is 0.160 e. The Kier molecular flexibility index (Phi) is 9.79. The molecule has 0 bridgehead atoms. The van der Waals surface area contributed by atoms with Crippen molar-refractivity contribution in [3.05, 3.63) is 161 Å². The Labute approximate surface area is 289 Å². The van der Waals surface area contributed by atoms with E-state index in [1.807, 2.05) is 0 Å². The van der Waals surface area contributed by atoms with Gasteiger partial charge in [-0.1, -0.05) is 109 Å². The molecule has 5 heteroatoms. The molecule has 1 heterocycles. The molecule has 0 fully saturated rings. The van der Waals surface area contributed by atoms with Gasteiger partial charge in [0.15, 0.2) is 11.7 Å². The zero-order chi connectivity index (χ0) is 33.4. The summed E-state index contributed by atoms with van der Waals surface area (Å²) in [6.45, 7) is 8.37. The van der Waals surface area contributed by atoms with Crippen molar-refractivity contribution in [1.29, 1.82) is 0 Å². The molecular formula is C44H41N5. The van der Waals surface area contributed by atoms with Gasteiger partial charge in [0.1, 0.15) is 0 Å². The second-order valence-corrected chi connectivity index (χ2v) is 12.5. The average Bonchev–Trinajstić information content (AvgIpc) is 3.28. The lowest BCUT2D eigenvalue weighted by Gasteiger charge is -2.17. The number of benzene rings is 3. The maximum Gasteiger partial charge on any atom is 0.160 e. The Bertz CT molecular complexity index is 2140. The van der Waals surface area contributed by atoms with Crippen LogP contribution in [0.2, 0.25) is 0 Å². The van der Waals surface area contributed by atoms with Gasteiger partial charge < -0.3 is 4.57 Å². The summed E-state index contributed by atoms with van der Waals surface area (Å²) in [5, 5.41) is 1.24. The van der Waals surface area contributed by atoms with Gasteiger partial charge >= 0.3 is 0 Å². The van der Waals surface area contributed by atoms with Crippen molar-refractivity contribution in [3.8, 4) is 5.69 Å². The summed E-state index contributed by atoms with van der Waals surface area (Å²) in [6, 6.07) is 23.6. The van der Waals surface area contributed by atoms with Crippen molar-refractivity contribution in [3.63, 3.8) is 0 Å². The fourth-order valence-electron chi connectivity index (χ4n) is 6.90. The summed E-state index contributed by atoms with van der Waals surface area (Å²) in [5.74, 6) is 1.22. The van der Waals surface area contributed by atoms with Crippen LogP contribution in [0.15, 0.2) is 153 Å². The number of nitrogens with zero attached hydrogens (tertiary/aromatic N) is 5. The van der Waals surface area contributed by atoms with Gasteiger partial charge in [-0.05, 0) is 87.7 Å². The van der Waals surface area contributed by atoms with Crippen LogP contribution in [0, 0.1) is 0 Å². The van der Waals surface area contributed by atoms with Crippen molar-refractivity contribution in [1.82, 2.24) is 4.57 Å². The highest BCUT2D eigenvalue weighted by Crippen LogP contribution is 2.39. The van der Waals surface area contributed by atoms with Crippen molar-refractivity contribution in [2.24, 2.45) is 20.0 Å². The predicted molar refractivity (Wildman–Crippen MR) is 210 cm³/mol. The first-order chi connectivity index (χ1) is 24.2. The Balaban J connectivity index is 1.38. The first kappa shape index (κ1) is 31.9. The van der Waals surface area contributed by atoms with Gasteiger partial charge in [0.05, 0.1) is 17.7 Å². The fourth-order valence-corrected chi connectivity index (χ4v) is 6.90. The quantitative estimate of drug-likeness (QED) is 0.129. The summed E-state index contributed by atoms with van der Waals surface area (Å²) in [7, 11) is 0. The molecule has 0 unspecified atom stereocenters. The van der Waals surface area contributed by atoms with Crippen LogP contribution in [0.5, 0.6) is 0 Å². The van der Waals surface area contributed by atoms with E-state index in [0.29, 0.717) is 18.2 Å². The first-order valence-corrected chi connectivity index (χ1v) is 17.2. The summed E-state index contributed by atoms with van der Waals surface area (Å²) < 4.78 is 2.45. The molecule has 3 aromatic carbocycles. The molecule has 3 aliphatic carbocycles. The van der Waals surface area contributed by atoms with Gasteiger partial charge in [0.2, 0.25) is 0 Å². The van der Waals surface area contributed by atoms with Gasteiger partial charge in [-0.3, -0.25) is 9.98 Å². The van der Waals surface area contributed by atoms with E-state index in [1.54, 1.807) is 0 Å². The van der Waals surface area contributed by atoms with Crippen LogP contribution in [0.3, 0.4) is 0 Å². The van der Waals surface area contributed by atoms with Crippen LogP contribution in [0.4, 0.5) is 5.69 Å². The van der Waals surface area contributed by atoms with E-state index >= 15 is 0 Å². The van der Waals surface area contributed by atoms with E-state index in [4.69, 9.17) is 9.98 Å². The van der Waals surface area contributed by atoms with Gasteiger partial charge in [-0.15, -0.1) is 0 Å². The highest BCUT2D eigenvalue weighted by atomic mass is 15.0. The lowest BCUT2D eigenvalue weighted by Crippen LogP contribution is -2.09. The van der Waals surface area contributed by atoms with Crippen LogP contribution < -0.4 is 0 Å². The van der Waals surface area contributed by atoms with Crippen molar-refractivity contribution >= 4 is 47.8 Å². The molecule has 0 aliphatic heterocycles. The molecule has 7 rings (SSSR count). The van der Waals surface area contributed by atoms with Gasteiger partial charge in [0.25, 0.3) is 0 Å². The van der Waals surface area contributed by atoms with E-state index in [1.165, 1.54) is 33.3 Å². The number of fused-ring (bicyclic) bond motifs is 3. The minimum absolute atomic E-state index is 0.508. The number of allylic oxidation sites excluding steroid dienone is 7. The van der Waals surface area contributed by atoms with E-state index in [9.17, 15) is 0 Å². The van der Waals surface area contributed by atoms with E-state index in [2.05, 4.69) is 155 Å². The zero-order valence-corrected chi connectivity index (χ0v) is 27.9. The SMILES string of the molecule is C=NC(=NC(=NCC1=CC=CCC=C1)c1cccc(-n2c3c(c4ccc(N=C)c(CCc5ccccc5)c42)C=CCC3)c1)C1=CCCC=C1. The third-order valence-corrected chi connectivity index (χ3v) is 9.30. The number of rotatable bonds is 9. The van der Waals surface area contributed by atoms with Gasteiger partial charge in [0, 0.05) is 39.0 Å². The topological polar surface area (TPSA) is 54.4 Å². The number of amidine groups is 2. The third-order valence-electron chi connectivity index (χ3n) is 9.30. The molecular weight excluding hydrogens is 599 g/mol. The molecule has 0 atom stereocenters. The first-order valence-electron chi connectivity index (χ1n) is 17.2. The van der Waals surface area contributed by atoms with Gasteiger partial charge in [-0.25, -0.2) is 9.98 Å². The maximum atomic E-state index is 5.12. The number of hydrogen-bond donors (Lipinski definition) is 0. The fraction of sp³-hybridized carbons (Fsp3) is 0.182. The highest BCUT2D eigenvalue weighted by molar-refractivity contribution is 6.14. The molecule has 3 aliphatic rings. The number of aryl methyl sites for hydroxylation is 2. The Hall–Kier alpha value is -5.68. The largest absolute Gasteiger partial charge is 0.313 e. The van der Waals surface area contributed by atoms with Crippen molar-refractivity contribution in [2.45, 2.75) is 44.9 Å². The molecule has 0 saturated heterocycles. The van der Waals surface area contributed by atoms with E-state index in [-0.39, 0.29) is 0 Å². The minimum atomic E-state index is 0.508. The summed E-state index contributed by atoms with van der Waals surface area (Å²) in [6.07, 6.45) is 28.3. The average molecular weight is 640 g/mol. The minimum Gasteiger partial charge on any atom is -0.313 e. The number of aliphatic imine (C=N–C) groups is 4. The van der Waals surface area contributed by atoms with Crippen LogP contribution >= 0.6 is 0 Å². The van der Waals surface area contributed by atoms with Gasteiger partial charge in [-0.2, -0.15) is 0 Å². The molecule has 4 aromatic rings. The molecule has 242 valence electrons. The van der Waals surface area contributed by atoms with Crippen LogP contribution in [0.1, 0.15) is 53.6 Å². The second-order valence-electron chi connectivity index (χ2n) is 12.5. The van der Waals surface area contributed by atoms with Crippen molar-refractivity contribution < 1.29 is 0 Å². The Morgan fingerprint density at radius 1 is 0.796 bits per heavy atom. The molecule has 0 spiro atoms. The second kappa shape index (κ2) is 15.0.